The van der Waals surface area contributed by atoms with E-state index < -0.39 is 11.9 Å². The molecule has 36 heavy (non-hydrogen) atoms. The van der Waals surface area contributed by atoms with Crippen LogP contribution in [0.25, 0.3) is 22.0 Å². The monoisotopic (exact) mass is 503 g/mol. The van der Waals surface area contributed by atoms with Crippen molar-refractivity contribution in [3.8, 4) is 11.1 Å². The summed E-state index contributed by atoms with van der Waals surface area (Å²) in [5.74, 6) is -0.314. The minimum Gasteiger partial charge on any atom is -0.387 e. The molecule has 1 aliphatic carbocycles. The molecule has 0 radical (unpaired) electrons. The summed E-state index contributed by atoms with van der Waals surface area (Å²) in [6.07, 6.45) is 2.82. The van der Waals surface area contributed by atoms with Gasteiger partial charge in [0.1, 0.15) is 5.82 Å². The van der Waals surface area contributed by atoms with Crippen LogP contribution in [0.2, 0.25) is 5.02 Å². The first kappa shape index (κ1) is 24.4. The van der Waals surface area contributed by atoms with Gasteiger partial charge in [0.15, 0.2) is 5.78 Å². The smallest absolute Gasteiger partial charge is 0.169 e. The number of likely N-dealkylation sites (N-methyl/N-ethyl adjacent to an activating group) is 1. The van der Waals surface area contributed by atoms with E-state index in [2.05, 4.69) is 10.3 Å². The summed E-state index contributed by atoms with van der Waals surface area (Å²) in [6, 6.07) is 17.6. The van der Waals surface area contributed by atoms with Crippen molar-refractivity contribution in [3.05, 3.63) is 88.8 Å². The van der Waals surface area contributed by atoms with Crippen molar-refractivity contribution in [2.75, 3.05) is 26.0 Å². The van der Waals surface area contributed by atoms with E-state index in [0.29, 0.717) is 33.9 Å². The van der Waals surface area contributed by atoms with Gasteiger partial charge >= 0.3 is 0 Å². The van der Waals surface area contributed by atoms with Crippen LogP contribution in [-0.2, 0) is 0 Å². The van der Waals surface area contributed by atoms with Crippen LogP contribution in [0.15, 0.2) is 66.9 Å². The molecular weight excluding hydrogens is 477 g/mol. The molecule has 0 spiro atoms. The van der Waals surface area contributed by atoms with Crippen LogP contribution in [-0.4, -0.2) is 41.4 Å². The third-order valence-corrected chi connectivity index (χ3v) is 6.60. The Bertz CT molecular complexity index is 1410. The van der Waals surface area contributed by atoms with Crippen molar-refractivity contribution in [1.82, 2.24) is 9.88 Å². The largest absolute Gasteiger partial charge is 0.387 e. The van der Waals surface area contributed by atoms with Gasteiger partial charge in [-0.3, -0.25) is 9.78 Å². The van der Waals surface area contributed by atoms with E-state index in [-0.39, 0.29) is 11.7 Å². The number of hydrogen-bond donors (Lipinski definition) is 2. The molecule has 0 saturated heterocycles. The van der Waals surface area contributed by atoms with E-state index in [1.54, 1.807) is 12.3 Å². The summed E-state index contributed by atoms with van der Waals surface area (Å²) in [5, 5.41) is 14.9. The topological polar surface area (TPSA) is 65.5 Å². The zero-order valence-corrected chi connectivity index (χ0v) is 20.9. The quantitative estimate of drug-likeness (QED) is 0.264. The molecule has 1 unspecified atom stereocenters. The molecule has 1 heterocycles. The maximum Gasteiger partial charge on any atom is 0.169 e. The van der Waals surface area contributed by atoms with Gasteiger partial charge < -0.3 is 15.3 Å². The fraction of sp³-hybridized carbons (Fsp3) is 0.241. The fourth-order valence-corrected chi connectivity index (χ4v) is 4.59. The highest BCUT2D eigenvalue weighted by molar-refractivity contribution is 6.30. The van der Waals surface area contributed by atoms with Gasteiger partial charge in [0, 0.05) is 34.8 Å². The van der Waals surface area contributed by atoms with E-state index in [1.165, 1.54) is 12.1 Å². The predicted octanol–water partition coefficient (Wildman–Crippen LogP) is 6.63. The molecule has 1 saturated carbocycles. The molecule has 3 aromatic carbocycles. The lowest BCUT2D eigenvalue weighted by molar-refractivity contribution is 0.0968. The Kier molecular flexibility index (Phi) is 6.75. The lowest BCUT2D eigenvalue weighted by atomic mass is 9.98. The van der Waals surface area contributed by atoms with Crippen molar-refractivity contribution >= 4 is 39.7 Å². The third kappa shape index (κ3) is 5.26. The predicted molar refractivity (Wildman–Crippen MR) is 142 cm³/mol. The second-order valence-electron chi connectivity index (χ2n) is 9.60. The summed E-state index contributed by atoms with van der Waals surface area (Å²) in [4.78, 5) is 19.6. The Morgan fingerprint density at radius 3 is 2.53 bits per heavy atom. The minimum absolute atomic E-state index is 0.0264. The Hall–Kier alpha value is -3.32. The number of benzene rings is 3. The van der Waals surface area contributed by atoms with Crippen molar-refractivity contribution in [2.45, 2.75) is 18.9 Å². The Morgan fingerprint density at radius 2 is 1.86 bits per heavy atom. The minimum atomic E-state index is -0.594. The highest BCUT2D eigenvalue weighted by Gasteiger charge is 2.32. The van der Waals surface area contributed by atoms with Gasteiger partial charge in [-0.25, -0.2) is 4.39 Å². The Balaban J connectivity index is 1.57. The maximum absolute atomic E-state index is 14.0. The first-order chi connectivity index (χ1) is 17.3. The number of nitrogens with one attached hydrogen (secondary N) is 1. The molecule has 1 aliphatic rings. The van der Waals surface area contributed by atoms with Gasteiger partial charge in [0.05, 0.1) is 22.9 Å². The molecule has 1 aromatic heterocycles. The number of ketones is 1. The van der Waals surface area contributed by atoms with Gasteiger partial charge in [-0.1, -0.05) is 29.8 Å². The number of aromatic nitrogens is 1. The summed E-state index contributed by atoms with van der Waals surface area (Å²) in [5.41, 5.74) is 4.94. The molecule has 0 amide bonds. The van der Waals surface area contributed by atoms with E-state index >= 15 is 0 Å². The molecule has 184 valence electrons. The molecular formula is C29H27ClFN3O2. The first-order valence-electron chi connectivity index (χ1n) is 11.9. The second kappa shape index (κ2) is 9.97. The second-order valence-corrected chi connectivity index (χ2v) is 10.0. The van der Waals surface area contributed by atoms with Crippen LogP contribution >= 0.6 is 11.6 Å². The zero-order valence-electron chi connectivity index (χ0n) is 20.1. The maximum atomic E-state index is 14.0. The number of rotatable bonds is 8. The van der Waals surface area contributed by atoms with Crippen LogP contribution in [0.3, 0.4) is 0 Å². The highest BCUT2D eigenvalue weighted by Crippen LogP contribution is 2.39. The van der Waals surface area contributed by atoms with Crippen molar-refractivity contribution < 1.29 is 14.3 Å². The number of fused-ring (bicyclic) bond motifs is 1. The Morgan fingerprint density at radius 1 is 1.11 bits per heavy atom. The molecule has 0 bridgehead atoms. The van der Waals surface area contributed by atoms with Crippen molar-refractivity contribution in [3.63, 3.8) is 0 Å². The summed E-state index contributed by atoms with van der Waals surface area (Å²) in [7, 11) is 3.83. The van der Waals surface area contributed by atoms with Gasteiger partial charge in [-0.15, -0.1) is 0 Å². The number of Topliss-reactive ketones (excluding diaryl/α,β-unsaturated/α-hetero) is 1. The average Bonchev–Trinajstić information content (AvgIpc) is 3.68. The van der Waals surface area contributed by atoms with Crippen LogP contribution in [0.4, 0.5) is 15.8 Å². The summed E-state index contributed by atoms with van der Waals surface area (Å²) >= 11 is 6.10. The first-order valence-corrected chi connectivity index (χ1v) is 12.3. The van der Waals surface area contributed by atoms with Crippen molar-refractivity contribution in [1.29, 1.82) is 0 Å². The number of pyridine rings is 1. The number of hydrogen-bond acceptors (Lipinski definition) is 5. The number of anilines is 2. The number of carbonyl (C=O) groups is 1. The SMILES string of the molecule is CN(C)CC(O)c1ccc(Nc2c(C(=O)C3CC3)cnc3ccc(-c4cc(F)cc(Cl)c4)cc23)cc1. The number of aliphatic hydroxyl groups is 1. The zero-order chi connectivity index (χ0) is 25.4. The van der Waals surface area contributed by atoms with Gasteiger partial charge in [0.25, 0.3) is 0 Å². The molecule has 2 N–H and O–H groups in total. The van der Waals surface area contributed by atoms with Crippen LogP contribution in [0.1, 0.15) is 34.9 Å². The highest BCUT2D eigenvalue weighted by atomic mass is 35.5. The molecule has 5 nitrogen and oxygen atoms in total. The number of halogens is 2. The number of aliphatic hydroxyl groups excluding tert-OH is 1. The van der Waals surface area contributed by atoms with E-state index in [1.807, 2.05) is 61.5 Å². The van der Waals surface area contributed by atoms with Crippen LogP contribution in [0.5, 0.6) is 0 Å². The fourth-order valence-electron chi connectivity index (χ4n) is 4.36. The third-order valence-electron chi connectivity index (χ3n) is 6.38. The average molecular weight is 504 g/mol. The summed E-state index contributed by atoms with van der Waals surface area (Å²) < 4.78 is 14.0. The van der Waals surface area contributed by atoms with Gasteiger partial charge in [-0.05, 0) is 86.1 Å². The van der Waals surface area contributed by atoms with E-state index in [0.717, 1.165) is 35.0 Å². The van der Waals surface area contributed by atoms with E-state index in [4.69, 9.17) is 11.6 Å². The molecule has 7 heteroatoms. The molecule has 0 aliphatic heterocycles. The standard InChI is InChI=1S/C29H27ClFN3O2/c1-34(2)16-27(35)17-5-8-23(9-6-17)33-28-24-13-19(20-11-21(30)14-22(31)12-20)7-10-26(24)32-15-25(28)29(36)18-3-4-18/h5-15,18,27,35H,3-4,16H2,1-2H3,(H,32,33). The normalized spacial score (nSPS) is 14.3. The number of carbonyl (C=O) groups excluding carboxylic acids is 1. The molecule has 5 rings (SSSR count). The van der Waals surface area contributed by atoms with Crippen molar-refractivity contribution in [2.24, 2.45) is 5.92 Å². The van der Waals surface area contributed by atoms with Gasteiger partial charge in [0.2, 0.25) is 0 Å². The molecule has 4 aromatic rings. The lowest BCUT2D eigenvalue weighted by Crippen LogP contribution is -2.19. The Labute approximate surface area is 214 Å². The van der Waals surface area contributed by atoms with Gasteiger partial charge in [-0.2, -0.15) is 0 Å². The lowest BCUT2D eigenvalue weighted by Gasteiger charge is -2.18. The molecule has 1 fully saturated rings. The summed E-state index contributed by atoms with van der Waals surface area (Å²) in [6.45, 7) is 0.522. The number of nitrogens with zero attached hydrogens (tertiary/aromatic N) is 2. The molecule has 1 atom stereocenters. The van der Waals surface area contributed by atoms with Crippen LogP contribution < -0.4 is 5.32 Å². The van der Waals surface area contributed by atoms with Crippen LogP contribution in [0, 0.1) is 11.7 Å². The van der Waals surface area contributed by atoms with E-state index in [9.17, 15) is 14.3 Å².